The van der Waals surface area contributed by atoms with E-state index in [-0.39, 0.29) is 23.9 Å². The molecular formula is C31H31F2NO2. The zero-order valence-electron chi connectivity index (χ0n) is 21.0. The van der Waals surface area contributed by atoms with Crippen molar-refractivity contribution >= 4 is 22.5 Å². The molecule has 0 amide bonds. The number of carbonyl (C=O) groups is 2. The molecule has 0 fully saturated rings. The number of benzene rings is 3. The summed E-state index contributed by atoms with van der Waals surface area (Å²) in [6.07, 6.45) is 1.73. The van der Waals surface area contributed by atoms with Crippen LogP contribution in [0.15, 0.2) is 66.7 Å². The largest absolute Gasteiger partial charge is 0.339 e. The zero-order chi connectivity index (χ0) is 25.8. The van der Waals surface area contributed by atoms with Crippen molar-refractivity contribution in [3.8, 4) is 0 Å². The van der Waals surface area contributed by atoms with Crippen LogP contribution in [0.2, 0.25) is 0 Å². The molecule has 0 spiro atoms. The lowest BCUT2D eigenvalue weighted by molar-refractivity contribution is 0.0974. The highest BCUT2D eigenvalue weighted by atomic mass is 19.2. The van der Waals surface area contributed by atoms with Gasteiger partial charge in [-0.3, -0.25) is 9.59 Å². The summed E-state index contributed by atoms with van der Waals surface area (Å²) in [7, 11) is 0. The third-order valence-corrected chi connectivity index (χ3v) is 6.54. The summed E-state index contributed by atoms with van der Waals surface area (Å²) in [5.41, 5.74) is 4.75. The van der Waals surface area contributed by atoms with Crippen LogP contribution in [0.5, 0.6) is 0 Å². The lowest BCUT2D eigenvalue weighted by atomic mass is 9.95. The lowest BCUT2D eigenvalue weighted by Crippen LogP contribution is -2.11. The van der Waals surface area contributed by atoms with Gasteiger partial charge in [-0.05, 0) is 48.1 Å². The zero-order valence-corrected chi connectivity index (χ0v) is 21.0. The number of hydrogen-bond donors (Lipinski definition) is 0. The van der Waals surface area contributed by atoms with E-state index >= 15 is 0 Å². The molecule has 3 nitrogen and oxygen atoms in total. The molecule has 4 aromatic rings. The Morgan fingerprint density at radius 3 is 2.25 bits per heavy atom. The summed E-state index contributed by atoms with van der Waals surface area (Å²) in [6, 6.07) is 19.4. The Balaban J connectivity index is 1.81. The first kappa shape index (κ1) is 25.5. The SMILES string of the molecule is CCCC(=O)c1ccc2c(C(=O)CCc3ccc(F)c(F)c3)c(C(C)C)n(Cc3ccccc3)c2c1. The number of rotatable bonds is 10. The van der Waals surface area contributed by atoms with E-state index in [1.165, 1.54) is 6.07 Å². The summed E-state index contributed by atoms with van der Waals surface area (Å²) in [5, 5.41) is 0.818. The van der Waals surface area contributed by atoms with E-state index in [1.807, 2.05) is 55.5 Å². The van der Waals surface area contributed by atoms with E-state index in [0.717, 1.165) is 40.7 Å². The quantitative estimate of drug-likeness (QED) is 0.213. The van der Waals surface area contributed by atoms with Crippen molar-refractivity contribution in [2.75, 3.05) is 0 Å². The molecule has 3 aromatic carbocycles. The third kappa shape index (κ3) is 5.30. The van der Waals surface area contributed by atoms with Crippen LogP contribution >= 0.6 is 0 Å². The van der Waals surface area contributed by atoms with E-state index in [1.54, 1.807) is 0 Å². The highest BCUT2D eigenvalue weighted by molar-refractivity contribution is 6.11. The monoisotopic (exact) mass is 487 g/mol. The minimum Gasteiger partial charge on any atom is -0.339 e. The van der Waals surface area contributed by atoms with Crippen molar-refractivity contribution in [3.63, 3.8) is 0 Å². The Morgan fingerprint density at radius 1 is 0.833 bits per heavy atom. The maximum absolute atomic E-state index is 13.7. The Labute approximate surface area is 210 Å². The van der Waals surface area contributed by atoms with Gasteiger partial charge in [0, 0.05) is 41.6 Å². The van der Waals surface area contributed by atoms with Gasteiger partial charge in [0.25, 0.3) is 0 Å². The second-order valence-electron chi connectivity index (χ2n) is 9.56. The number of ketones is 2. The molecule has 0 bridgehead atoms. The number of aromatic nitrogens is 1. The van der Waals surface area contributed by atoms with E-state index in [4.69, 9.17) is 0 Å². The van der Waals surface area contributed by atoms with Gasteiger partial charge in [-0.1, -0.05) is 69.3 Å². The van der Waals surface area contributed by atoms with Crippen LogP contribution in [-0.2, 0) is 13.0 Å². The van der Waals surface area contributed by atoms with Crippen molar-refractivity contribution in [2.24, 2.45) is 0 Å². The van der Waals surface area contributed by atoms with Crippen molar-refractivity contribution < 1.29 is 18.4 Å². The number of carbonyl (C=O) groups excluding carboxylic acids is 2. The number of nitrogens with zero attached hydrogens (tertiary/aromatic N) is 1. The summed E-state index contributed by atoms with van der Waals surface area (Å²) < 4.78 is 29.2. The number of halogens is 2. The highest BCUT2D eigenvalue weighted by Gasteiger charge is 2.25. The van der Waals surface area contributed by atoms with Gasteiger partial charge in [-0.2, -0.15) is 0 Å². The van der Waals surface area contributed by atoms with Crippen molar-refractivity contribution in [1.29, 1.82) is 0 Å². The summed E-state index contributed by atoms with van der Waals surface area (Å²) in [4.78, 5) is 26.3. The fourth-order valence-electron chi connectivity index (χ4n) is 4.82. The number of hydrogen-bond acceptors (Lipinski definition) is 2. The van der Waals surface area contributed by atoms with Crippen LogP contribution in [0.25, 0.3) is 10.9 Å². The molecule has 0 aliphatic carbocycles. The van der Waals surface area contributed by atoms with Crippen LogP contribution in [0.3, 0.4) is 0 Å². The Hall–Kier alpha value is -3.60. The molecule has 1 heterocycles. The Kier molecular flexibility index (Phi) is 7.78. The van der Waals surface area contributed by atoms with Crippen molar-refractivity contribution in [1.82, 2.24) is 4.57 Å². The molecule has 0 aliphatic heterocycles. The van der Waals surface area contributed by atoms with Crippen LogP contribution < -0.4 is 0 Å². The second-order valence-corrected chi connectivity index (χ2v) is 9.56. The van der Waals surface area contributed by atoms with Crippen molar-refractivity contribution in [3.05, 3.63) is 106 Å². The average molecular weight is 488 g/mol. The summed E-state index contributed by atoms with van der Waals surface area (Å²) in [5.74, 6) is -1.72. The van der Waals surface area contributed by atoms with Crippen LogP contribution in [0, 0.1) is 11.6 Å². The fourth-order valence-corrected chi connectivity index (χ4v) is 4.82. The Bertz CT molecular complexity index is 1400. The van der Waals surface area contributed by atoms with Gasteiger partial charge in [0.15, 0.2) is 23.2 Å². The second kappa shape index (κ2) is 11.0. The van der Waals surface area contributed by atoms with Gasteiger partial charge in [-0.25, -0.2) is 8.78 Å². The van der Waals surface area contributed by atoms with E-state index < -0.39 is 11.6 Å². The van der Waals surface area contributed by atoms with Gasteiger partial charge in [-0.15, -0.1) is 0 Å². The molecule has 0 saturated carbocycles. The smallest absolute Gasteiger partial charge is 0.165 e. The fraction of sp³-hybridized carbons (Fsp3) is 0.290. The minimum atomic E-state index is -0.911. The average Bonchev–Trinajstić information content (AvgIpc) is 3.19. The van der Waals surface area contributed by atoms with Crippen molar-refractivity contribution in [2.45, 2.75) is 58.9 Å². The molecule has 0 unspecified atom stereocenters. The maximum Gasteiger partial charge on any atom is 0.165 e. The van der Waals surface area contributed by atoms with Gasteiger partial charge in [0.2, 0.25) is 0 Å². The predicted molar refractivity (Wildman–Crippen MR) is 140 cm³/mol. The molecule has 0 atom stereocenters. The topological polar surface area (TPSA) is 39.1 Å². The van der Waals surface area contributed by atoms with Crippen LogP contribution in [0.4, 0.5) is 8.78 Å². The first-order valence-corrected chi connectivity index (χ1v) is 12.5. The molecule has 0 aliphatic rings. The molecule has 0 radical (unpaired) electrons. The summed E-state index contributed by atoms with van der Waals surface area (Å²) in [6.45, 7) is 6.68. The highest BCUT2D eigenvalue weighted by Crippen LogP contribution is 2.34. The molecule has 186 valence electrons. The summed E-state index contributed by atoms with van der Waals surface area (Å²) >= 11 is 0. The van der Waals surface area contributed by atoms with Crippen LogP contribution in [-0.4, -0.2) is 16.1 Å². The maximum atomic E-state index is 13.7. The van der Waals surface area contributed by atoms with E-state index in [9.17, 15) is 18.4 Å². The molecular weight excluding hydrogens is 456 g/mol. The molecule has 5 heteroatoms. The van der Waals surface area contributed by atoms with Crippen LogP contribution in [0.1, 0.15) is 83.5 Å². The normalized spacial score (nSPS) is 11.4. The standard InChI is InChI=1S/C31H31F2NO2/c1-4-8-28(35)23-13-14-24-27(18-23)34(19-22-9-6-5-7-10-22)31(20(2)3)30(24)29(36)16-12-21-11-15-25(32)26(33)17-21/h5-7,9-11,13-15,17-18,20H,4,8,12,16,19H2,1-3H3. The molecule has 4 rings (SSSR count). The molecule has 0 N–H and O–H groups in total. The molecule has 36 heavy (non-hydrogen) atoms. The van der Waals surface area contributed by atoms with Gasteiger partial charge in [0.1, 0.15) is 0 Å². The molecule has 0 saturated heterocycles. The molecule has 1 aromatic heterocycles. The van der Waals surface area contributed by atoms with E-state index in [2.05, 4.69) is 18.4 Å². The number of Topliss-reactive ketones (excluding diaryl/α,β-unsaturated/α-hetero) is 2. The van der Waals surface area contributed by atoms with Gasteiger partial charge >= 0.3 is 0 Å². The number of fused-ring (bicyclic) bond motifs is 1. The lowest BCUT2D eigenvalue weighted by Gasteiger charge is -2.15. The van der Waals surface area contributed by atoms with Gasteiger partial charge in [0.05, 0.1) is 5.52 Å². The Morgan fingerprint density at radius 2 is 1.58 bits per heavy atom. The van der Waals surface area contributed by atoms with E-state index in [0.29, 0.717) is 36.1 Å². The third-order valence-electron chi connectivity index (χ3n) is 6.54. The van der Waals surface area contributed by atoms with Gasteiger partial charge < -0.3 is 4.57 Å². The first-order chi connectivity index (χ1) is 17.3. The number of aryl methyl sites for hydroxylation is 1. The predicted octanol–water partition coefficient (Wildman–Crippen LogP) is 7.89. The first-order valence-electron chi connectivity index (χ1n) is 12.5. The minimum absolute atomic E-state index is 0.0483.